The van der Waals surface area contributed by atoms with Crippen molar-refractivity contribution in [2.24, 2.45) is 5.92 Å². The molecule has 1 heterocycles. The van der Waals surface area contributed by atoms with Crippen LogP contribution in [0.1, 0.15) is 19.5 Å². The summed E-state index contributed by atoms with van der Waals surface area (Å²) >= 11 is 0. The van der Waals surface area contributed by atoms with Gasteiger partial charge in [0.25, 0.3) is 0 Å². The lowest BCUT2D eigenvalue weighted by Crippen LogP contribution is -2.19. The van der Waals surface area contributed by atoms with Crippen LogP contribution >= 0.6 is 0 Å². The van der Waals surface area contributed by atoms with Crippen molar-refractivity contribution in [3.05, 3.63) is 48.3 Å². The summed E-state index contributed by atoms with van der Waals surface area (Å²) < 4.78 is 15.3. The van der Waals surface area contributed by atoms with Crippen molar-refractivity contribution in [2.45, 2.75) is 20.4 Å². The molecule has 1 N–H and O–H groups in total. The van der Waals surface area contributed by atoms with E-state index >= 15 is 0 Å². The Bertz CT molecular complexity index is 505. The third-order valence-electron chi connectivity index (χ3n) is 2.63. The van der Waals surface area contributed by atoms with Crippen molar-refractivity contribution in [3.63, 3.8) is 0 Å². The minimum Gasteiger partial charge on any atom is -0.311 e. The number of hydrogen-bond donors (Lipinski definition) is 1. The van der Waals surface area contributed by atoms with Gasteiger partial charge in [0, 0.05) is 12.7 Å². The minimum atomic E-state index is -0.239. The van der Waals surface area contributed by atoms with E-state index in [1.165, 1.54) is 6.07 Å². The first-order valence-corrected chi connectivity index (χ1v) is 6.15. The average molecular weight is 247 g/mol. The van der Waals surface area contributed by atoms with Gasteiger partial charge in [0.2, 0.25) is 0 Å². The number of hydrogen-bond acceptors (Lipinski definition) is 2. The van der Waals surface area contributed by atoms with Gasteiger partial charge in [0.15, 0.2) is 0 Å². The number of benzene rings is 1. The van der Waals surface area contributed by atoms with Crippen LogP contribution in [-0.2, 0) is 6.54 Å². The molecular weight excluding hydrogens is 229 g/mol. The van der Waals surface area contributed by atoms with Crippen molar-refractivity contribution in [2.75, 3.05) is 6.54 Å². The molecule has 0 saturated heterocycles. The molecule has 96 valence electrons. The van der Waals surface area contributed by atoms with Crippen LogP contribution in [0.15, 0.2) is 36.8 Å². The summed E-state index contributed by atoms with van der Waals surface area (Å²) in [5.74, 6) is 0.371. The molecule has 0 aliphatic carbocycles. The van der Waals surface area contributed by atoms with Crippen LogP contribution in [-0.4, -0.2) is 16.1 Å². The number of para-hydroxylation sites is 1. The molecule has 0 unspecified atom stereocenters. The van der Waals surface area contributed by atoms with Gasteiger partial charge in [-0.25, -0.2) is 9.37 Å². The highest BCUT2D eigenvalue weighted by atomic mass is 19.1. The second-order valence-corrected chi connectivity index (χ2v) is 4.75. The first kappa shape index (κ1) is 12.8. The fraction of sp³-hybridized carbons (Fsp3) is 0.357. The van der Waals surface area contributed by atoms with Crippen LogP contribution in [0.3, 0.4) is 0 Å². The molecule has 0 amide bonds. The fourth-order valence-corrected chi connectivity index (χ4v) is 1.74. The summed E-state index contributed by atoms with van der Waals surface area (Å²) in [5.41, 5.74) is 1.44. The van der Waals surface area contributed by atoms with E-state index in [0.29, 0.717) is 18.2 Å². The Hall–Kier alpha value is -1.68. The summed E-state index contributed by atoms with van der Waals surface area (Å²) in [5, 5.41) is 3.31. The van der Waals surface area contributed by atoms with E-state index in [-0.39, 0.29) is 5.82 Å². The van der Waals surface area contributed by atoms with Gasteiger partial charge in [-0.3, -0.25) is 0 Å². The Kier molecular flexibility index (Phi) is 4.10. The van der Waals surface area contributed by atoms with Crippen molar-refractivity contribution < 1.29 is 4.39 Å². The molecule has 0 atom stereocenters. The summed E-state index contributed by atoms with van der Waals surface area (Å²) in [7, 11) is 0. The van der Waals surface area contributed by atoms with Crippen LogP contribution in [0.5, 0.6) is 0 Å². The minimum absolute atomic E-state index is 0.239. The number of nitrogens with zero attached hydrogens (tertiary/aromatic N) is 2. The third kappa shape index (κ3) is 3.17. The topological polar surface area (TPSA) is 29.9 Å². The number of imidazole rings is 1. The van der Waals surface area contributed by atoms with Crippen LogP contribution < -0.4 is 5.32 Å². The Morgan fingerprint density at radius 2 is 2.11 bits per heavy atom. The Morgan fingerprint density at radius 1 is 1.33 bits per heavy atom. The summed E-state index contributed by atoms with van der Waals surface area (Å²) in [4.78, 5) is 4.26. The molecule has 4 heteroatoms. The lowest BCUT2D eigenvalue weighted by Gasteiger charge is -2.05. The second kappa shape index (κ2) is 5.78. The lowest BCUT2D eigenvalue weighted by atomic mass is 10.2. The molecule has 0 saturated carbocycles. The molecule has 3 nitrogen and oxygen atoms in total. The van der Waals surface area contributed by atoms with Crippen LogP contribution in [0.25, 0.3) is 5.69 Å². The maximum atomic E-state index is 13.6. The smallest absolute Gasteiger partial charge is 0.147 e. The van der Waals surface area contributed by atoms with E-state index in [0.717, 1.165) is 12.2 Å². The van der Waals surface area contributed by atoms with E-state index in [2.05, 4.69) is 24.1 Å². The predicted molar refractivity (Wildman–Crippen MR) is 70.1 cm³/mol. The molecule has 0 aliphatic rings. The number of aromatic nitrogens is 2. The van der Waals surface area contributed by atoms with Gasteiger partial charge in [-0.2, -0.15) is 0 Å². The third-order valence-corrected chi connectivity index (χ3v) is 2.63. The maximum Gasteiger partial charge on any atom is 0.147 e. The number of nitrogens with one attached hydrogen (secondary N) is 1. The molecule has 0 bridgehead atoms. The van der Waals surface area contributed by atoms with Gasteiger partial charge in [-0.15, -0.1) is 0 Å². The van der Waals surface area contributed by atoms with Gasteiger partial charge < -0.3 is 9.88 Å². The van der Waals surface area contributed by atoms with Gasteiger partial charge in [0.05, 0.1) is 17.7 Å². The van der Waals surface area contributed by atoms with Crippen molar-refractivity contribution in [1.29, 1.82) is 0 Å². The molecular formula is C14H18FN3. The normalized spacial score (nSPS) is 11.1. The Labute approximate surface area is 107 Å². The molecule has 1 aromatic carbocycles. The average Bonchev–Trinajstić information content (AvgIpc) is 2.78. The molecule has 0 radical (unpaired) electrons. The van der Waals surface area contributed by atoms with Gasteiger partial charge in [-0.05, 0) is 24.6 Å². The summed E-state index contributed by atoms with van der Waals surface area (Å²) in [6.45, 7) is 5.97. The van der Waals surface area contributed by atoms with Gasteiger partial charge in [-0.1, -0.05) is 26.0 Å². The highest BCUT2D eigenvalue weighted by Gasteiger charge is 2.05. The van der Waals surface area contributed by atoms with Crippen molar-refractivity contribution in [1.82, 2.24) is 14.9 Å². The Balaban J connectivity index is 2.04. The standard InChI is InChI=1S/C14H18FN3/c1-11(2)7-16-8-12-9-18(10-17-12)14-6-4-3-5-13(14)15/h3-6,9-11,16H,7-8H2,1-2H3. The fourth-order valence-electron chi connectivity index (χ4n) is 1.74. The summed E-state index contributed by atoms with van der Waals surface area (Å²) in [6.07, 6.45) is 3.50. The zero-order chi connectivity index (χ0) is 13.0. The SMILES string of the molecule is CC(C)CNCc1cn(-c2ccccc2F)cn1. The number of rotatable bonds is 5. The first-order valence-electron chi connectivity index (χ1n) is 6.15. The number of halogens is 1. The van der Waals surface area contributed by atoms with Crippen LogP contribution in [0, 0.1) is 11.7 Å². The molecule has 18 heavy (non-hydrogen) atoms. The molecule has 0 aliphatic heterocycles. The quantitative estimate of drug-likeness (QED) is 0.880. The largest absolute Gasteiger partial charge is 0.311 e. The highest BCUT2D eigenvalue weighted by Crippen LogP contribution is 2.12. The summed E-state index contributed by atoms with van der Waals surface area (Å²) in [6, 6.07) is 6.68. The molecule has 0 spiro atoms. The molecule has 2 aromatic rings. The maximum absolute atomic E-state index is 13.6. The van der Waals surface area contributed by atoms with Gasteiger partial charge >= 0.3 is 0 Å². The monoisotopic (exact) mass is 247 g/mol. The van der Waals surface area contributed by atoms with Crippen LogP contribution in [0.2, 0.25) is 0 Å². The second-order valence-electron chi connectivity index (χ2n) is 4.75. The van der Waals surface area contributed by atoms with Crippen molar-refractivity contribution >= 4 is 0 Å². The molecule has 2 rings (SSSR count). The van der Waals surface area contributed by atoms with Crippen molar-refractivity contribution in [3.8, 4) is 5.69 Å². The first-order chi connectivity index (χ1) is 8.66. The molecule has 1 aromatic heterocycles. The lowest BCUT2D eigenvalue weighted by molar-refractivity contribution is 0.549. The highest BCUT2D eigenvalue weighted by molar-refractivity contribution is 5.33. The molecule has 0 fully saturated rings. The zero-order valence-electron chi connectivity index (χ0n) is 10.7. The van der Waals surface area contributed by atoms with E-state index in [4.69, 9.17) is 0 Å². The van der Waals surface area contributed by atoms with Gasteiger partial charge in [0.1, 0.15) is 5.82 Å². The predicted octanol–water partition coefficient (Wildman–Crippen LogP) is 2.76. The van der Waals surface area contributed by atoms with E-state index in [1.54, 1.807) is 23.0 Å². The Morgan fingerprint density at radius 3 is 2.83 bits per heavy atom. The van der Waals surface area contributed by atoms with Crippen LogP contribution in [0.4, 0.5) is 4.39 Å². The van der Waals surface area contributed by atoms with E-state index in [9.17, 15) is 4.39 Å². The van der Waals surface area contributed by atoms with E-state index < -0.39 is 0 Å². The van der Waals surface area contributed by atoms with E-state index in [1.807, 2.05) is 12.3 Å². The zero-order valence-corrected chi connectivity index (χ0v) is 10.7.